The Hall–Kier alpha value is -2.42. The Morgan fingerprint density at radius 2 is 1.79 bits per heavy atom. The number of para-hydroxylation sites is 1. The minimum absolute atomic E-state index is 0.128. The second-order valence-electron chi connectivity index (χ2n) is 5.02. The number of carboxylic acids is 1. The first-order valence-corrected chi connectivity index (χ1v) is 7.91. The van der Waals surface area contributed by atoms with Crippen molar-refractivity contribution >= 4 is 23.6 Å². The Balaban J connectivity index is 2.06. The van der Waals surface area contributed by atoms with Crippen LogP contribution in [-0.2, 0) is 11.2 Å². The van der Waals surface area contributed by atoms with Crippen molar-refractivity contribution in [2.75, 3.05) is 0 Å². The van der Waals surface area contributed by atoms with Crippen LogP contribution in [0.2, 0.25) is 0 Å². The molecule has 0 heterocycles. The summed E-state index contributed by atoms with van der Waals surface area (Å²) in [6, 6.07) is 13.7. The summed E-state index contributed by atoms with van der Waals surface area (Å²) in [5, 5.41) is 30.5. The van der Waals surface area contributed by atoms with Crippen molar-refractivity contribution in [3.8, 4) is 0 Å². The van der Waals surface area contributed by atoms with E-state index in [4.69, 9.17) is 0 Å². The highest BCUT2D eigenvalue weighted by atomic mass is 32.2. The minimum Gasteiger partial charge on any atom is -0.480 e. The van der Waals surface area contributed by atoms with Crippen LogP contribution in [0.4, 0.5) is 5.69 Å². The van der Waals surface area contributed by atoms with E-state index in [9.17, 15) is 25.1 Å². The van der Waals surface area contributed by atoms with Crippen molar-refractivity contribution < 1.29 is 19.9 Å². The van der Waals surface area contributed by atoms with Crippen LogP contribution in [0.1, 0.15) is 5.56 Å². The zero-order valence-electron chi connectivity index (χ0n) is 12.5. The molecule has 0 spiro atoms. The van der Waals surface area contributed by atoms with Crippen LogP contribution in [0.25, 0.3) is 0 Å². The van der Waals surface area contributed by atoms with Gasteiger partial charge in [0.1, 0.15) is 10.9 Å². The molecule has 0 aliphatic rings. The van der Waals surface area contributed by atoms with E-state index in [2.05, 4.69) is 4.72 Å². The largest absolute Gasteiger partial charge is 0.480 e. The van der Waals surface area contributed by atoms with E-state index in [0.29, 0.717) is 0 Å². The van der Waals surface area contributed by atoms with Crippen LogP contribution in [0.15, 0.2) is 59.5 Å². The fourth-order valence-corrected chi connectivity index (χ4v) is 2.99. The van der Waals surface area contributed by atoms with Crippen molar-refractivity contribution in [1.29, 1.82) is 0 Å². The molecule has 0 amide bonds. The van der Waals surface area contributed by atoms with E-state index < -0.39 is 23.0 Å². The Morgan fingerprint density at radius 3 is 2.42 bits per heavy atom. The summed E-state index contributed by atoms with van der Waals surface area (Å²) in [6.45, 7) is 0. The smallest absolute Gasteiger partial charge is 0.324 e. The van der Waals surface area contributed by atoms with Gasteiger partial charge in [-0.2, -0.15) is 0 Å². The van der Waals surface area contributed by atoms with Crippen molar-refractivity contribution in [3.05, 3.63) is 70.3 Å². The van der Waals surface area contributed by atoms with Crippen LogP contribution in [0, 0.1) is 10.1 Å². The third kappa shape index (κ3) is 4.79. The first kappa shape index (κ1) is 17.9. The Morgan fingerprint density at radius 1 is 1.17 bits per heavy atom. The molecule has 2 aromatic carbocycles. The molecular weight excluding hydrogens is 332 g/mol. The third-order valence-corrected chi connectivity index (χ3v) is 4.23. The number of aliphatic hydroxyl groups is 1. The van der Waals surface area contributed by atoms with Gasteiger partial charge in [0.05, 0.1) is 11.0 Å². The molecule has 2 rings (SSSR count). The zero-order valence-corrected chi connectivity index (χ0v) is 13.3. The average molecular weight is 348 g/mol. The molecule has 2 atom stereocenters. The number of benzene rings is 2. The second kappa shape index (κ2) is 8.44. The normalized spacial score (nSPS) is 13.2. The molecule has 0 unspecified atom stereocenters. The summed E-state index contributed by atoms with van der Waals surface area (Å²) in [5.41, 5.74) is 0.672. The van der Waals surface area contributed by atoms with Gasteiger partial charge in [-0.15, -0.1) is 0 Å². The molecule has 126 valence electrons. The number of aliphatic carboxylic acids is 1. The van der Waals surface area contributed by atoms with Crippen LogP contribution >= 0.6 is 11.9 Å². The third-order valence-electron chi connectivity index (χ3n) is 3.30. The topological polar surface area (TPSA) is 113 Å². The standard InChI is InChI=1S/C16H16N2O5S/c19-13(10-11-6-2-1-3-7-11)15(16(20)21)17-24-14-9-5-4-8-12(14)18(22)23/h1-9,13,15,17,19H,10H2,(H,20,21)/t13-,15+/m1/s1. The van der Waals surface area contributed by atoms with Gasteiger partial charge in [0, 0.05) is 12.5 Å². The van der Waals surface area contributed by atoms with Crippen LogP contribution in [0.5, 0.6) is 0 Å². The molecule has 0 aliphatic heterocycles. The van der Waals surface area contributed by atoms with E-state index in [0.717, 1.165) is 17.5 Å². The number of hydrogen-bond donors (Lipinski definition) is 3. The zero-order chi connectivity index (χ0) is 17.5. The maximum atomic E-state index is 11.4. The maximum Gasteiger partial charge on any atom is 0.324 e. The van der Waals surface area contributed by atoms with E-state index in [1.807, 2.05) is 6.07 Å². The van der Waals surface area contributed by atoms with E-state index in [1.54, 1.807) is 30.3 Å². The predicted octanol–water partition coefficient (Wildman–Crippen LogP) is 2.25. The van der Waals surface area contributed by atoms with E-state index >= 15 is 0 Å². The van der Waals surface area contributed by atoms with Gasteiger partial charge in [-0.3, -0.25) is 14.9 Å². The lowest BCUT2D eigenvalue weighted by atomic mass is 10.0. The number of rotatable bonds is 8. The molecule has 0 saturated carbocycles. The highest BCUT2D eigenvalue weighted by Gasteiger charge is 2.27. The molecule has 0 bridgehead atoms. The Kier molecular flexibility index (Phi) is 6.30. The van der Waals surface area contributed by atoms with Gasteiger partial charge in [0.2, 0.25) is 0 Å². The number of nitro groups is 1. The van der Waals surface area contributed by atoms with Crippen molar-refractivity contribution in [1.82, 2.24) is 4.72 Å². The van der Waals surface area contributed by atoms with Gasteiger partial charge in [-0.1, -0.05) is 42.5 Å². The average Bonchev–Trinajstić information content (AvgIpc) is 2.56. The van der Waals surface area contributed by atoms with Gasteiger partial charge in [0.25, 0.3) is 5.69 Å². The number of nitro benzene ring substituents is 1. The molecule has 0 aromatic heterocycles. The first-order chi connectivity index (χ1) is 11.5. The monoisotopic (exact) mass is 348 g/mol. The van der Waals surface area contributed by atoms with E-state index in [1.165, 1.54) is 18.2 Å². The van der Waals surface area contributed by atoms with Crippen molar-refractivity contribution in [2.45, 2.75) is 23.5 Å². The fraction of sp³-hybridized carbons (Fsp3) is 0.188. The minimum atomic E-state index is -1.27. The first-order valence-electron chi connectivity index (χ1n) is 7.09. The molecular formula is C16H16N2O5S. The molecule has 0 saturated heterocycles. The van der Waals surface area contributed by atoms with Gasteiger partial charge < -0.3 is 10.2 Å². The lowest BCUT2D eigenvalue weighted by Crippen LogP contribution is -2.44. The second-order valence-corrected chi connectivity index (χ2v) is 5.90. The SMILES string of the molecule is O=C(O)[C@@H](NSc1ccccc1[N+](=O)[O-])[C@H](O)Cc1ccccc1. The Labute approximate surface area is 142 Å². The Bertz CT molecular complexity index is 711. The van der Waals surface area contributed by atoms with Gasteiger partial charge >= 0.3 is 5.97 Å². The summed E-state index contributed by atoms with van der Waals surface area (Å²) >= 11 is 0.818. The molecule has 0 aliphatic carbocycles. The number of nitrogens with one attached hydrogen (secondary N) is 1. The quantitative estimate of drug-likeness (QED) is 0.381. The highest BCUT2D eigenvalue weighted by Crippen LogP contribution is 2.27. The molecule has 0 fully saturated rings. The van der Waals surface area contributed by atoms with Crippen LogP contribution in [0.3, 0.4) is 0 Å². The van der Waals surface area contributed by atoms with Gasteiger partial charge in [-0.05, 0) is 23.6 Å². The summed E-state index contributed by atoms with van der Waals surface area (Å²) < 4.78 is 2.61. The number of hydrogen-bond acceptors (Lipinski definition) is 6. The lowest BCUT2D eigenvalue weighted by molar-refractivity contribution is -0.387. The molecule has 2 aromatic rings. The fourth-order valence-electron chi connectivity index (χ4n) is 2.09. The van der Waals surface area contributed by atoms with Gasteiger partial charge in [0.15, 0.2) is 0 Å². The van der Waals surface area contributed by atoms with Gasteiger partial charge in [-0.25, -0.2) is 4.72 Å². The number of carboxylic acid groups (broad SMARTS) is 1. The maximum absolute atomic E-state index is 11.4. The summed E-state index contributed by atoms with van der Waals surface area (Å²) in [7, 11) is 0. The number of aliphatic hydroxyl groups excluding tert-OH is 1. The summed E-state index contributed by atoms with van der Waals surface area (Å²) in [4.78, 5) is 22.1. The van der Waals surface area contributed by atoms with Crippen LogP contribution < -0.4 is 4.72 Å². The summed E-state index contributed by atoms with van der Waals surface area (Å²) in [6.07, 6.45) is -1.03. The summed E-state index contributed by atoms with van der Waals surface area (Å²) in [5.74, 6) is -1.23. The lowest BCUT2D eigenvalue weighted by Gasteiger charge is -2.20. The molecule has 7 nitrogen and oxygen atoms in total. The van der Waals surface area contributed by atoms with E-state index in [-0.39, 0.29) is 17.0 Å². The highest BCUT2D eigenvalue weighted by molar-refractivity contribution is 7.97. The van der Waals surface area contributed by atoms with Crippen molar-refractivity contribution in [2.24, 2.45) is 0 Å². The predicted molar refractivity (Wildman–Crippen MR) is 89.7 cm³/mol. The number of carbonyl (C=O) groups is 1. The van der Waals surface area contributed by atoms with Crippen molar-refractivity contribution in [3.63, 3.8) is 0 Å². The van der Waals surface area contributed by atoms with Crippen LogP contribution in [-0.4, -0.2) is 33.3 Å². The number of nitrogens with zero attached hydrogens (tertiary/aromatic N) is 1. The molecule has 8 heteroatoms. The molecule has 3 N–H and O–H groups in total. The molecule has 24 heavy (non-hydrogen) atoms. The molecule has 0 radical (unpaired) electrons.